The molecule has 5 heteroatoms. The molecule has 0 radical (unpaired) electrons. The van der Waals surface area contributed by atoms with Crippen molar-refractivity contribution in [3.63, 3.8) is 0 Å². The number of aryl methyl sites for hydroxylation is 2. The Labute approximate surface area is 396 Å². The van der Waals surface area contributed by atoms with E-state index in [9.17, 15) is 0 Å². The fraction of sp³-hybridized carbons (Fsp3) is 0.246. The standard InChI is InChI=1S/C57H57N3O.Pt/c1-36-27-37(2)53(61-12)49(28-36)54-59-52-48(19-16-20-51(52)60(54)47-33-41(38-17-14-13-15-18-38)30-46(35-47)57(9,10)11)42-29-43(32-45(31-42)56(6,7)8)50-34-40(25-26-58-50)39-21-23-44(24-22-39)55(3,4)5;/h13-28,30-35H,12H2,1-11H3;/q-2;+2/i3D3,4D3,5D3;. The number of hydrogen-bond acceptors (Lipinski definition) is 3. The van der Waals surface area contributed by atoms with Crippen molar-refractivity contribution in [3.05, 3.63) is 175 Å². The van der Waals surface area contributed by atoms with E-state index in [1.54, 1.807) is 24.4 Å². The molecule has 8 aromatic rings. The van der Waals surface area contributed by atoms with E-state index in [4.69, 9.17) is 27.0 Å². The van der Waals surface area contributed by atoms with Gasteiger partial charge in [-0.1, -0.05) is 158 Å². The second-order valence-corrected chi connectivity index (χ2v) is 18.1. The van der Waals surface area contributed by atoms with Gasteiger partial charge in [0.25, 0.3) is 0 Å². The summed E-state index contributed by atoms with van der Waals surface area (Å²) in [5, 5.41) is 0. The molecule has 0 saturated heterocycles. The number of nitrogens with zero attached hydrogens (tertiary/aromatic N) is 3. The molecule has 0 bridgehead atoms. The van der Waals surface area contributed by atoms with Gasteiger partial charge in [0.2, 0.25) is 0 Å². The average Bonchev–Trinajstić information content (AvgIpc) is 3.67. The summed E-state index contributed by atoms with van der Waals surface area (Å²) in [5.74, 6) is 1.33. The second kappa shape index (κ2) is 16.9. The zero-order valence-corrected chi connectivity index (χ0v) is 38.7. The van der Waals surface area contributed by atoms with Gasteiger partial charge in [-0.05, 0) is 105 Å². The largest absolute Gasteiger partial charge is 2.00 e. The number of aromatic nitrogens is 3. The first-order chi connectivity index (χ1) is 32.6. The van der Waals surface area contributed by atoms with Crippen LogP contribution in [0.3, 0.4) is 0 Å². The van der Waals surface area contributed by atoms with Crippen LogP contribution in [0, 0.1) is 27.0 Å². The van der Waals surface area contributed by atoms with Crippen LogP contribution in [-0.4, -0.2) is 14.5 Å². The van der Waals surface area contributed by atoms with Gasteiger partial charge < -0.3 is 4.74 Å². The van der Waals surface area contributed by atoms with Crippen molar-refractivity contribution in [1.82, 2.24) is 14.5 Å². The number of hydrogen-bond donors (Lipinski definition) is 0. The summed E-state index contributed by atoms with van der Waals surface area (Å²) >= 11 is 0. The number of para-hydroxylation sites is 1. The summed E-state index contributed by atoms with van der Waals surface area (Å²) in [5.41, 5.74) is 10.2. The van der Waals surface area contributed by atoms with E-state index in [-0.39, 0.29) is 37.5 Å². The van der Waals surface area contributed by atoms with Gasteiger partial charge in [0.15, 0.2) is 0 Å². The van der Waals surface area contributed by atoms with E-state index in [1.807, 2.05) is 25.1 Å². The minimum absolute atomic E-state index is 0. The Hall–Kier alpha value is -5.57. The number of pyridine rings is 1. The Bertz CT molecular complexity index is 3210. The Morgan fingerprint density at radius 1 is 0.613 bits per heavy atom. The molecular formula is C57H57N3OPt. The van der Waals surface area contributed by atoms with Gasteiger partial charge in [0.05, 0.1) is 22.3 Å². The molecular weight excluding hydrogens is 938 g/mol. The van der Waals surface area contributed by atoms with Gasteiger partial charge in [-0.2, -0.15) is 7.11 Å². The van der Waals surface area contributed by atoms with Crippen LogP contribution in [0.1, 0.15) is 102 Å². The third-order valence-corrected chi connectivity index (χ3v) is 11.4. The molecule has 316 valence electrons. The number of ether oxygens (including phenoxy) is 1. The van der Waals surface area contributed by atoms with Crippen LogP contribution in [0.2, 0.25) is 0 Å². The number of benzene rings is 6. The fourth-order valence-corrected chi connectivity index (χ4v) is 8.00. The first-order valence-electron chi connectivity index (χ1n) is 25.1. The normalized spacial score (nSPS) is 14.8. The maximum absolute atomic E-state index is 8.19. The van der Waals surface area contributed by atoms with Crippen LogP contribution in [-0.2, 0) is 37.3 Å². The van der Waals surface area contributed by atoms with Crippen molar-refractivity contribution >= 4 is 11.0 Å². The van der Waals surface area contributed by atoms with Crippen molar-refractivity contribution in [3.8, 4) is 67.5 Å². The Balaban J connectivity index is 0.00000741. The van der Waals surface area contributed by atoms with Gasteiger partial charge in [-0.15, -0.1) is 29.3 Å². The smallest absolute Gasteiger partial charge is 0.665 e. The molecule has 0 atom stereocenters. The van der Waals surface area contributed by atoms with E-state index in [0.29, 0.717) is 28.4 Å². The SMILES string of the molecule is [2H]C([2H])([2H])C(c1ccc(-c2ccnc(-c3[c-]c(-c4cccc5c4nc(-c4cc(C)cc(C)c4O[CH2-])n5-c4cc(-c5ccccc5)cc(C(C)(C)C)c4)cc(C(C)(C)C)c3)c2)cc1)(C([2H])([2H])[2H])C([2H])([2H])[2H].[Pt+2]. The summed E-state index contributed by atoms with van der Waals surface area (Å²) < 4.78 is 81.8. The summed E-state index contributed by atoms with van der Waals surface area (Å²) in [4.78, 5) is 10.4. The number of rotatable bonds is 7. The van der Waals surface area contributed by atoms with E-state index in [1.165, 1.54) is 17.7 Å². The zero-order valence-electron chi connectivity index (χ0n) is 45.5. The van der Waals surface area contributed by atoms with Gasteiger partial charge in [0.1, 0.15) is 5.82 Å². The predicted octanol–water partition coefficient (Wildman–Crippen LogP) is 15.2. The monoisotopic (exact) mass is 1000 g/mol. The first-order valence-corrected chi connectivity index (χ1v) is 20.6. The van der Waals surface area contributed by atoms with Crippen LogP contribution >= 0.6 is 0 Å². The van der Waals surface area contributed by atoms with Gasteiger partial charge in [0, 0.05) is 29.9 Å². The van der Waals surface area contributed by atoms with Gasteiger partial charge >= 0.3 is 21.1 Å². The summed E-state index contributed by atoms with van der Waals surface area (Å²) in [7, 11) is 3.88. The molecule has 0 saturated carbocycles. The molecule has 0 amide bonds. The van der Waals surface area contributed by atoms with Crippen molar-refractivity contribution in [2.75, 3.05) is 0 Å². The number of fused-ring (bicyclic) bond motifs is 1. The average molecular weight is 1000 g/mol. The number of imidazole rings is 1. The van der Waals surface area contributed by atoms with Crippen molar-refractivity contribution in [2.24, 2.45) is 0 Å². The summed E-state index contributed by atoms with van der Waals surface area (Å²) in [6.07, 6.45) is 1.67. The van der Waals surface area contributed by atoms with Crippen molar-refractivity contribution in [1.29, 1.82) is 0 Å². The zero-order chi connectivity index (χ0) is 50.9. The molecule has 8 rings (SSSR count). The molecule has 2 heterocycles. The van der Waals surface area contributed by atoms with Crippen LogP contribution in [0.25, 0.3) is 72.7 Å². The minimum atomic E-state index is -3.36. The Kier molecular flexibility index (Phi) is 9.29. The molecule has 6 aromatic carbocycles. The Morgan fingerprint density at radius 2 is 1.29 bits per heavy atom. The third kappa shape index (κ3) is 8.86. The molecule has 0 spiro atoms. The van der Waals surface area contributed by atoms with Gasteiger partial charge in [-0.25, -0.2) is 4.98 Å². The first kappa shape index (κ1) is 34.0. The molecule has 62 heavy (non-hydrogen) atoms. The van der Waals surface area contributed by atoms with Crippen molar-refractivity contribution in [2.45, 2.75) is 92.2 Å². The minimum Gasteiger partial charge on any atom is -0.665 e. The van der Waals surface area contributed by atoms with E-state index in [0.717, 1.165) is 66.8 Å². The predicted molar refractivity (Wildman–Crippen MR) is 256 cm³/mol. The van der Waals surface area contributed by atoms with E-state index < -0.39 is 26.0 Å². The molecule has 0 aliphatic carbocycles. The summed E-state index contributed by atoms with van der Waals surface area (Å²) in [6, 6.07) is 44.8. The molecule has 0 fully saturated rings. The van der Waals surface area contributed by atoms with Crippen LogP contribution in [0.4, 0.5) is 0 Å². The maximum Gasteiger partial charge on any atom is 2.00 e. The molecule has 2 aromatic heterocycles. The third-order valence-electron chi connectivity index (χ3n) is 11.4. The van der Waals surface area contributed by atoms with Crippen LogP contribution in [0.15, 0.2) is 134 Å². The van der Waals surface area contributed by atoms with Crippen LogP contribution in [0.5, 0.6) is 5.75 Å². The quantitative estimate of drug-likeness (QED) is 0.149. The topological polar surface area (TPSA) is 39.9 Å². The molecule has 0 unspecified atom stereocenters. The van der Waals surface area contributed by atoms with E-state index in [2.05, 4.69) is 145 Å². The van der Waals surface area contributed by atoms with E-state index >= 15 is 0 Å². The Morgan fingerprint density at radius 3 is 1.97 bits per heavy atom. The second-order valence-electron chi connectivity index (χ2n) is 18.1. The fourth-order valence-electron chi connectivity index (χ4n) is 8.00. The summed E-state index contributed by atoms with van der Waals surface area (Å²) in [6.45, 7) is 7.11. The molecule has 0 aliphatic heterocycles. The van der Waals surface area contributed by atoms with Gasteiger partial charge in [-0.3, -0.25) is 9.55 Å². The molecule has 0 aliphatic rings. The maximum atomic E-state index is 8.19. The van der Waals surface area contributed by atoms with Crippen molar-refractivity contribution < 1.29 is 38.1 Å². The molecule has 4 nitrogen and oxygen atoms in total. The molecule has 0 N–H and O–H groups in total. The van der Waals surface area contributed by atoms with Crippen LogP contribution < -0.4 is 4.74 Å².